The first-order valence-electron chi connectivity index (χ1n) is 9.54. The van der Waals surface area contributed by atoms with Crippen molar-refractivity contribution in [3.63, 3.8) is 0 Å². The Bertz CT molecular complexity index is 1260. The number of aromatic hydroxyl groups is 1. The van der Waals surface area contributed by atoms with Gasteiger partial charge in [-0.05, 0) is 58.7 Å². The smallest absolute Gasteiger partial charge is 0.335 e. The maximum Gasteiger partial charge on any atom is 0.335 e. The Balaban J connectivity index is 1.90. The average molecular weight is 410 g/mol. The molecule has 0 fully saturated rings. The van der Waals surface area contributed by atoms with E-state index < -0.39 is 11.9 Å². The summed E-state index contributed by atoms with van der Waals surface area (Å²) in [6.45, 7) is 0. The second kappa shape index (κ2) is 8.16. The lowest BCUT2D eigenvalue weighted by Crippen LogP contribution is -1.96. The van der Waals surface area contributed by atoms with E-state index in [9.17, 15) is 14.7 Å². The molecule has 0 heterocycles. The predicted molar refractivity (Wildman–Crippen MR) is 118 cm³/mol. The van der Waals surface area contributed by atoms with Gasteiger partial charge in [0.2, 0.25) is 0 Å². The number of aromatic carboxylic acids is 2. The fourth-order valence-electron chi connectivity index (χ4n) is 3.46. The molecule has 0 unspecified atom stereocenters. The SMILES string of the molecule is O=C(O)c1ccc(-c2cc(-c3ccccc3)c(O)c(-c3ccc(C(=O)O)cc3)c2)cc1. The molecule has 0 bridgehead atoms. The summed E-state index contributed by atoms with van der Waals surface area (Å²) in [5.74, 6) is -1.94. The molecule has 4 rings (SSSR count). The summed E-state index contributed by atoms with van der Waals surface area (Å²) in [5, 5.41) is 29.4. The summed E-state index contributed by atoms with van der Waals surface area (Å²) >= 11 is 0. The molecule has 5 nitrogen and oxygen atoms in total. The molecule has 0 saturated carbocycles. The van der Waals surface area contributed by atoms with Crippen molar-refractivity contribution in [3.8, 4) is 39.1 Å². The van der Waals surface area contributed by atoms with Gasteiger partial charge in [0.25, 0.3) is 0 Å². The predicted octanol–water partition coefficient (Wildman–Crippen LogP) is 5.79. The summed E-state index contributed by atoms with van der Waals surface area (Å²) < 4.78 is 0. The van der Waals surface area contributed by atoms with Crippen molar-refractivity contribution in [1.82, 2.24) is 0 Å². The Morgan fingerprint density at radius 3 is 1.39 bits per heavy atom. The highest BCUT2D eigenvalue weighted by molar-refractivity contribution is 5.91. The van der Waals surface area contributed by atoms with Crippen molar-refractivity contribution in [1.29, 1.82) is 0 Å². The van der Waals surface area contributed by atoms with Crippen LogP contribution in [0.4, 0.5) is 0 Å². The summed E-state index contributed by atoms with van der Waals surface area (Å²) in [7, 11) is 0. The molecule has 4 aromatic carbocycles. The zero-order valence-corrected chi connectivity index (χ0v) is 16.3. The van der Waals surface area contributed by atoms with Crippen LogP contribution >= 0.6 is 0 Å². The van der Waals surface area contributed by atoms with Gasteiger partial charge in [0.15, 0.2) is 0 Å². The molecule has 0 radical (unpaired) electrons. The van der Waals surface area contributed by atoms with Crippen LogP contribution < -0.4 is 0 Å². The molecule has 0 aliphatic carbocycles. The van der Waals surface area contributed by atoms with E-state index >= 15 is 0 Å². The van der Waals surface area contributed by atoms with E-state index in [2.05, 4.69) is 0 Å². The Labute approximate surface area is 178 Å². The van der Waals surface area contributed by atoms with Gasteiger partial charge in [-0.15, -0.1) is 0 Å². The second-order valence-electron chi connectivity index (χ2n) is 7.05. The fourth-order valence-corrected chi connectivity index (χ4v) is 3.46. The van der Waals surface area contributed by atoms with Crippen molar-refractivity contribution >= 4 is 11.9 Å². The Kier molecular flexibility index (Phi) is 5.24. The van der Waals surface area contributed by atoms with Gasteiger partial charge in [0, 0.05) is 11.1 Å². The van der Waals surface area contributed by atoms with Gasteiger partial charge in [0.05, 0.1) is 11.1 Å². The van der Waals surface area contributed by atoms with Crippen molar-refractivity contribution in [2.45, 2.75) is 0 Å². The van der Waals surface area contributed by atoms with E-state index in [1.807, 2.05) is 42.5 Å². The molecule has 0 saturated heterocycles. The van der Waals surface area contributed by atoms with E-state index in [-0.39, 0.29) is 16.9 Å². The first-order valence-corrected chi connectivity index (χ1v) is 9.54. The highest BCUT2D eigenvalue weighted by Gasteiger charge is 2.15. The quantitative estimate of drug-likeness (QED) is 0.387. The van der Waals surface area contributed by atoms with Crippen LogP contribution in [-0.4, -0.2) is 27.3 Å². The summed E-state index contributed by atoms with van der Waals surface area (Å²) in [6, 6.07) is 25.9. The van der Waals surface area contributed by atoms with Crippen LogP contribution in [0.1, 0.15) is 20.7 Å². The number of hydrogen-bond acceptors (Lipinski definition) is 3. The van der Waals surface area contributed by atoms with E-state index in [1.54, 1.807) is 24.3 Å². The standard InChI is InChI=1S/C26H18O5/c27-24-22(17-4-2-1-3-5-17)14-21(16-6-10-19(11-7-16)25(28)29)15-23(24)18-8-12-20(13-9-18)26(30)31/h1-15,27H,(H,28,29)(H,30,31). The Morgan fingerprint density at radius 1 is 0.516 bits per heavy atom. The lowest BCUT2D eigenvalue weighted by molar-refractivity contribution is 0.0686. The number of carboxylic acid groups (broad SMARTS) is 2. The van der Waals surface area contributed by atoms with Gasteiger partial charge < -0.3 is 15.3 Å². The number of carbonyl (C=O) groups is 2. The third kappa shape index (κ3) is 4.02. The summed E-state index contributed by atoms with van der Waals surface area (Å²) in [4.78, 5) is 22.4. The topological polar surface area (TPSA) is 94.8 Å². The third-order valence-electron chi connectivity index (χ3n) is 5.10. The van der Waals surface area contributed by atoms with Gasteiger partial charge >= 0.3 is 11.9 Å². The lowest BCUT2D eigenvalue weighted by Gasteiger charge is -2.14. The largest absolute Gasteiger partial charge is 0.507 e. The van der Waals surface area contributed by atoms with E-state index in [0.717, 1.165) is 16.7 Å². The Hall–Kier alpha value is -4.38. The lowest BCUT2D eigenvalue weighted by atomic mass is 9.91. The van der Waals surface area contributed by atoms with Crippen molar-refractivity contribution in [2.24, 2.45) is 0 Å². The first kappa shape index (κ1) is 19.9. The second-order valence-corrected chi connectivity index (χ2v) is 7.05. The zero-order valence-electron chi connectivity index (χ0n) is 16.3. The van der Waals surface area contributed by atoms with Crippen LogP contribution in [0.2, 0.25) is 0 Å². The third-order valence-corrected chi connectivity index (χ3v) is 5.10. The molecule has 4 aromatic rings. The number of carboxylic acids is 2. The molecule has 3 N–H and O–H groups in total. The molecular weight excluding hydrogens is 392 g/mol. The minimum atomic E-state index is -1.02. The van der Waals surface area contributed by atoms with Gasteiger partial charge in [-0.25, -0.2) is 9.59 Å². The highest BCUT2D eigenvalue weighted by Crippen LogP contribution is 2.41. The monoisotopic (exact) mass is 410 g/mol. The molecule has 0 amide bonds. The minimum absolute atomic E-state index is 0.0835. The number of rotatable bonds is 5. The molecule has 31 heavy (non-hydrogen) atoms. The number of benzene rings is 4. The van der Waals surface area contributed by atoms with Crippen LogP contribution in [0.3, 0.4) is 0 Å². The molecule has 152 valence electrons. The Morgan fingerprint density at radius 2 is 0.935 bits per heavy atom. The van der Waals surface area contributed by atoms with E-state index in [0.29, 0.717) is 16.7 Å². The number of hydrogen-bond donors (Lipinski definition) is 3. The van der Waals surface area contributed by atoms with Crippen molar-refractivity contribution < 1.29 is 24.9 Å². The molecule has 0 aliphatic heterocycles. The van der Waals surface area contributed by atoms with Crippen molar-refractivity contribution in [3.05, 3.63) is 102 Å². The van der Waals surface area contributed by atoms with Gasteiger partial charge in [-0.2, -0.15) is 0 Å². The average Bonchev–Trinajstić information content (AvgIpc) is 2.80. The van der Waals surface area contributed by atoms with Crippen LogP contribution in [0.5, 0.6) is 5.75 Å². The zero-order chi connectivity index (χ0) is 22.0. The summed E-state index contributed by atoms with van der Waals surface area (Å²) in [5.41, 5.74) is 4.61. The molecule has 0 spiro atoms. The first-order chi connectivity index (χ1) is 14.9. The van der Waals surface area contributed by atoms with Gasteiger partial charge in [-0.3, -0.25) is 0 Å². The fraction of sp³-hybridized carbons (Fsp3) is 0. The molecule has 0 atom stereocenters. The van der Waals surface area contributed by atoms with Crippen LogP contribution in [0.15, 0.2) is 91.0 Å². The van der Waals surface area contributed by atoms with Gasteiger partial charge in [-0.1, -0.05) is 54.6 Å². The van der Waals surface area contributed by atoms with E-state index in [1.165, 1.54) is 24.3 Å². The van der Waals surface area contributed by atoms with Crippen LogP contribution in [0.25, 0.3) is 33.4 Å². The molecule has 0 aromatic heterocycles. The molecule has 5 heteroatoms. The maximum absolute atomic E-state index is 11.2. The maximum atomic E-state index is 11.2. The van der Waals surface area contributed by atoms with Crippen LogP contribution in [-0.2, 0) is 0 Å². The van der Waals surface area contributed by atoms with Crippen LogP contribution in [0, 0.1) is 0 Å². The van der Waals surface area contributed by atoms with E-state index in [4.69, 9.17) is 10.2 Å². The van der Waals surface area contributed by atoms with Gasteiger partial charge in [0.1, 0.15) is 5.75 Å². The number of phenolic OH excluding ortho intramolecular Hbond substituents is 1. The minimum Gasteiger partial charge on any atom is -0.507 e. The number of phenols is 1. The molecule has 0 aliphatic rings. The highest BCUT2D eigenvalue weighted by atomic mass is 16.4. The molecular formula is C26H18O5. The summed E-state index contributed by atoms with van der Waals surface area (Å²) in [6.07, 6.45) is 0. The normalized spacial score (nSPS) is 10.6. The van der Waals surface area contributed by atoms with Crippen molar-refractivity contribution in [2.75, 3.05) is 0 Å².